The van der Waals surface area contributed by atoms with Gasteiger partial charge in [0, 0.05) is 5.54 Å². The van der Waals surface area contributed by atoms with Crippen LogP contribution in [-0.4, -0.2) is 21.1 Å². The molecule has 0 aliphatic heterocycles. The summed E-state index contributed by atoms with van der Waals surface area (Å²) < 4.78 is 34.5. The molecule has 0 atom stereocenters. The summed E-state index contributed by atoms with van der Waals surface area (Å²) >= 11 is 0. The van der Waals surface area contributed by atoms with Crippen molar-refractivity contribution >= 4 is 10.0 Å². The van der Waals surface area contributed by atoms with Crippen molar-refractivity contribution < 1.29 is 13.2 Å². The van der Waals surface area contributed by atoms with Crippen LogP contribution in [0.3, 0.4) is 0 Å². The molecule has 5 rings (SSSR count). The summed E-state index contributed by atoms with van der Waals surface area (Å²) in [7, 11) is -2.04. The summed E-state index contributed by atoms with van der Waals surface area (Å²) in [4.78, 5) is 0.274. The molecule has 0 unspecified atom stereocenters. The van der Waals surface area contributed by atoms with Gasteiger partial charge in [-0.2, -0.15) is 0 Å². The van der Waals surface area contributed by atoms with Gasteiger partial charge >= 0.3 is 0 Å². The highest BCUT2D eigenvalue weighted by Crippen LogP contribution is 2.56. The van der Waals surface area contributed by atoms with Crippen molar-refractivity contribution in [2.24, 2.45) is 17.8 Å². The van der Waals surface area contributed by atoms with Crippen LogP contribution in [0.2, 0.25) is 0 Å². The first kappa shape index (κ1) is 15.5. The molecular weight excluding hydrogens is 310 g/mol. The molecule has 4 aliphatic carbocycles. The number of rotatable bonds is 4. The molecule has 0 radical (unpaired) electrons. The van der Waals surface area contributed by atoms with Crippen molar-refractivity contribution in [1.29, 1.82) is 0 Å². The molecule has 1 N–H and O–H groups in total. The lowest BCUT2D eigenvalue weighted by Gasteiger charge is -2.56. The van der Waals surface area contributed by atoms with Gasteiger partial charge in [0.15, 0.2) is 0 Å². The summed E-state index contributed by atoms with van der Waals surface area (Å²) in [5.74, 6) is 2.56. The van der Waals surface area contributed by atoms with Crippen LogP contribution < -0.4 is 9.46 Å². The Hall–Kier alpha value is -1.07. The number of benzene rings is 1. The first-order valence-electron chi connectivity index (χ1n) is 8.58. The molecule has 0 spiro atoms. The fourth-order valence-corrected chi connectivity index (χ4v) is 7.26. The number of nitrogens with one attached hydrogen (secondary N) is 1. The second-order valence-electron chi connectivity index (χ2n) is 7.96. The lowest BCUT2D eigenvalue weighted by atomic mass is 9.53. The zero-order chi connectivity index (χ0) is 16.2. The lowest BCUT2D eigenvalue weighted by molar-refractivity contribution is -0.00811. The second-order valence-corrected chi connectivity index (χ2v) is 9.61. The number of ether oxygens (including phenoxy) is 1. The highest BCUT2D eigenvalue weighted by Gasteiger charge is 2.52. The fraction of sp³-hybridized carbons (Fsp3) is 0.667. The maximum Gasteiger partial charge on any atom is 0.244 e. The minimum atomic E-state index is -3.56. The van der Waals surface area contributed by atoms with E-state index in [1.165, 1.54) is 26.4 Å². The van der Waals surface area contributed by atoms with E-state index >= 15 is 0 Å². The van der Waals surface area contributed by atoms with Gasteiger partial charge in [0.2, 0.25) is 10.0 Å². The molecule has 1 aromatic rings. The number of aryl methyl sites for hydroxylation is 1. The highest BCUT2D eigenvalue weighted by atomic mass is 32.2. The molecule has 0 aromatic heterocycles. The molecule has 4 saturated carbocycles. The topological polar surface area (TPSA) is 55.4 Å². The lowest BCUT2D eigenvalue weighted by Crippen LogP contribution is -2.59. The maximum atomic E-state index is 13.1. The Kier molecular flexibility index (Phi) is 3.50. The zero-order valence-corrected chi connectivity index (χ0v) is 14.7. The molecule has 0 amide bonds. The maximum absolute atomic E-state index is 13.1. The Morgan fingerprint density at radius 2 is 1.65 bits per heavy atom. The number of hydrogen-bond donors (Lipinski definition) is 1. The van der Waals surface area contributed by atoms with E-state index in [-0.39, 0.29) is 10.4 Å². The van der Waals surface area contributed by atoms with Crippen LogP contribution in [-0.2, 0) is 10.0 Å². The van der Waals surface area contributed by atoms with Gasteiger partial charge in [0.25, 0.3) is 0 Å². The molecular formula is C18H25NO3S. The second kappa shape index (κ2) is 5.21. The van der Waals surface area contributed by atoms with Gasteiger partial charge in [-0.1, -0.05) is 6.07 Å². The van der Waals surface area contributed by atoms with E-state index in [9.17, 15) is 8.42 Å². The smallest absolute Gasteiger partial charge is 0.244 e. The zero-order valence-electron chi connectivity index (χ0n) is 13.8. The third kappa shape index (κ3) is 2.68. The van der Waals surface area contributed by atoms with E-state index in [0.29, 0.717) is 23.5 Å². The van der Waals surface area contributed by atoms with Crippen molar-refractivity contribution in [2.45, 2.75) is 55.9 Å². The average Bonchev–Trinajstić information content (AvgIpc) is 2.44. The number of hydrogen-bond acceptors (Lipinski definition) is 3. The molecule has 4 aliphatic rings. The van der Waals surface area contributed by atoms with E-state index in [1.807, 2.05) is 13.0 Å². The minimum absolute atomic E-state index is 0.220. The first-order valence-corrected chi connectivity index (χ1v) is 10.1. The van der Waals surface area contributed by atoms with Gasteiger partial charge in [-0.05, 0) is 80.9 Å². The van der Waals surface area contributed by atoms with Crippen LogP contribution in [0.15, 0.2) is 23.1 Å². The van der Waals surface area contributed by atoms with E-state index in [0.717, 1.165) is 24.8 Å². The molecule has 4 nitrogen and oxygen atoms in total. The van der Waals surface area contributed by atoms with Crippen molar-refractivity contribution in [3.63, 3.8) is 0 Å². The number of methoxy groups -OCH3 is 1. The van der Waals surface area contributed by atoms with Crippen LogP contribution in [0.5, 0.6) is 5.75 Å². The molecule has 4 bridgehead atoms. The first-order chi connectivity index (χ1) is 10.9. The van der Waals surface area contributed by atoms with Gasteiger partial charge in [0.05, 0.1) is 7.11 Å². The number of sulfonamides is 1. The standard InChI is InChI=1S/C18H25NO3S/c1-12-3-4-16(22-2)17(5-12)23(20,21)19-18-9-13-6-14(10-18)8-15(7-13)11-18/h3-5,13-15,19H,6-11H2,1-2H3. The van der Waals surface area contributed by atoms with Crippen LogP contribution in [0.1, 0.15) is 44.1 Å². The van der Waals surface area contributed by atoms with Crippen LogP contribution >= 0.6 is 0 Å². The summed E-state index contributed by atoms with van der Waals surface area (Å²) in [5.41, 5.74) is 0.708. The summed E-state index contributed by atoms with van der Waals surface area (Å²) in [5, 5.41) is 0. The Bertz CT molecular complexity index is 690. The van der Waals surface area contributed by atoms with Crippen molar-refractivity contribution in [1.82, 2.24) is 4.72 Å². The minimum Gasteiger partial charge on any atom is -0.495 e. The largest absolute Gasteiger partial charge is 0.495 e. The normalized spacial score (nSPS) is 35.5. The fourth-order valence-electron chi connectivity index (χ4n) is 5.57. The van der Waals surface area contributed by atoms with E-state index in [1.54, 1.807) is 12.1 Å². The van der Waals surface area contributed by atoms with Crippen LogP contribution in [0.25, 0.3) is 0 Å². The Morgan fingerprint density at radius 1 is 1.09 bits per heavy atom. The molecule has 23 heavy (non-hydrogen) atoms. The van der Waals surface area contributed by atoms with Gasteiger partial charge in [-0.15, -0.1) is 0 Å². The Labute approximate surface area is 138 Å². The predicted octanol–water partition coefficient (Wildman–Crippen LogP) is 3.25. The van der Waals surface area contributed by atoms with Gasteiger partial charge < -0.3 is 4.74 Å². The molecule has 4 fully saturated rings. The third-order valence-corrected chi connectivity index (χ3v) is 7.60. The van der Waals surface area contributed by atoms with E-state index in [4.69, 9.17) is 4.74 Å². The third-order valence-electron chi connectivity index (χ3n) is 6.00. The summed E-state index contributed by atoms with van der Waals surface area (Å²) in [6.45, 7) is 1.91. The predicted molar refractivity (Wildman–Crippen MR) is 89.0 cm³/mol. The van der Waals surface area contributed by atoms with Crippen LogP contribution in [0, 0.1) is 24.7 Å². The molecule has 0 saturated heterocycles. The summed E-state index contributed by atoms with van der Waals surface area (Å²) in [6, 6.07) is 5.33. The quantitative estimate of drug-likeness (QED) is 0.919. The van der Waals surface area contributed by atoms with Crippen molar-refractivity contribution in [2.75, 3.05) is 7.11 Å². The van der Waals surface area contributed by atoms with E-state index in [2.05, 4.69) is 4.72 Å². The van der Waals surface area contributed by atoms with Crippen molar-refractivity contribution in [3.8, 4) is 5.75 Å². The monoisotopic (exact) mass is 335 g/mol. The van der Waals surface area contributed by atoms with Gasteiger partial charge in [-0.25, -0.2) is 13.1 Å². The average molecular weight is 335 g/mol. The van der Waals surface area contributed by atoms with Gasteiger partial charge in [0.1, 0.15) is 10.6 Å². The molecule has 5 heteroatoms. The van der Waals surface area contributed by atoms with Gasteiger partial charge in [-0.3, -0.25) is 0 Å². The Morgan fingerprint density at radius 3 is 2.17 bits per heavy atom. The molecule has 0 heterocycles. The SMILES string of the molecule is COc1ccc(C)cc1S(=O)(=O)NC12CC3CC(CC(C3)C1)C2. The van der Waals surface area contributed by atoms with Crippen molar-refractivity contribution in [3.05, 3.63) is 23.8 Å². The van der Waals surface area contributed by atoms with Crippen LogP contribution in [0.4, 0.5) is 0 Å². The highest BCUT2D eigenvalue weighted by molar-refractivity contribution is 7.89. The van der Waals surface area contributed by atoms with E-state index < -0.39 is 10.0 Å². The Balaban J connectivity index is 1.67. The molecule has 1 aromatic carbocycles. The molecule has 126 valence electrons. The summed E-state index contributed by atoms with van der Waals surface area (Å²) in [6.07, 6.45) is 6.92.